The van der Waals surface area contributed by atoms with Crippen molar-refractivity contribution in [2.24, 2.45) is 0 Å². The van der Waals surface area contributed by atoms with Crippen molar-refractivity contribution >= 4 is 26.0 Å². The lowest BCUT2D eigenvalue weighted by Gasteiger charge is -2.14. The zero-order chi connectivity index (χ0) is 13.9. The Morgan fingerprint density at radius 3 is 2.50 bits per heavy atom. The van der Waals surface area contributed by atoms with Crippen LogP contribution < -0.4 is 10.1 Å². The normalized spacial score (nSPS) is 12.1. The first-order valence-electron chi connectivity index (χ1n) is 5.10. The molecule has 0 aromatic heterocycles. The average molecular weight is 340 g/mol. The Morgan fingerprint density at radius 1 is 1.39 bits per heavy atom. The number of sulfonamides is 1. The Morgan fingerprint density at radius 2 is 2.00 bits per heavy atom. The number of hydrogen-bond acceptors (Lipinski definition) is 4. The third-order valence-electron chi connectivity index (χ3n) is 2.04. The van der Waals surface area contributed by atoms with Gasteiger partial charge in [0.15, 0.2) is 0 Å². The molecule has 0 spiro atoms. The highest BCUT2D eigenvalue weighted by molar-refractivity contribution is 9.10. The van der Waals surface area contributed by atoms with Gasteiger partial charge in [-0.1, -0.05) is 15.9 Å². The van der Waals surface area contributed by atoms with Gasteiger partial charge in [0, 0.05) is 30.7 Å². The van der Waals surface area contributed by atoms with Crippen LogP contribution >= 0.6 is 15.9 Å². The zero-order valence-electron chi connectivity index (χ0n) is 10.3. The van der Waals surface area contributed by atoms with Crippen molar-refractivity contribution in [3.05, 3.63) is 28.0 Å². The minimum absolute atomic E-state index is 0.246. The largest absolute Gasteiger partial charge is 0.316 e. The van der Waals surface area contributed by atoms with Crippen molar-refractivity contribution in [2.45, 2.75) is 11.4 Å². The van der Waals surface area contributed by atoms with E-state index in [1.807, 2.05) is 0 Å². The van der Waals surface area contributed by atoms with Crippen molar-refractivity contribution in [3.8, 4) is 0 Å². The summed E-state index contributed by atoms with van der Waals surface area (Å²) in [4.78, 5) is 1.82. The highest BCUT2D eigenvalue weighted by Gasteiger charge is 2.22. The van der Waals surface area contributed by atoms with Gasteiger partial charge in [-0.2, -0.15) is 0 Å². The lowest BCUT2D eigenvalue weighted by molar-refractivity contribution is 0.362. The SMILES string of the molecule is CNCc1cc(Br)cc(S(=O)(=O)NN(C)C)c1F. The maximum atomic E-state index is 14.1. The van der Waals surface area contributed by atoms with Crippen LogP contribution in [0.1, 0.15) is 5.56 Å². The molecule has 2 N–H and O–H groups in total. The van der Waals surface area contributed by atoms with Crippen LogP contribution in [0.5, 0.6) is 0 Å². The predicted octanol–water partition coefficient (Wildman–Crippen LogP) is 1.06. The third kappa shape index (κ3) is 3.72. The maximum Gasteiger partial charge on any atom is 0.256 e. The van der Waals surface area contributed by atoms with Gasteiger partial charge in [-0.25, -0.2) is 17.8 Å². The molecule has 5 nitrogen and oxygen atoms in total. The van der Waals surface area contributed by atoms with Gasteiger partial charge >= 0.3 is 0 Å². The lowest BCUT2D eigenvalue weighted by Crippen LogP contribution is -2.36. The van der Waals surface area contributed by atoms with Crippen LogP contribution in [0.25, 0.3) is 0 Å². The molecule has 18 heavy (non-hydrogen) atoms. The quantitative estimate of drug-likeness (QED) is 0.787. The third-order valence-corrected chi connectivity index (χ3v) is 3.98. The van der Waals surface area contributed by atoms with E-state index in [4.69, 9.17) is 0 Å². The van der Waals surface area contributed by atoms with Crippen molar-refractivity contribution in [2.75, 3.05) is 21.1 Å². The van der Waals surface area contributed by atoms with Crippen LogP contribution in [0.4, 0.5) is 4.39 Å². The summed E-state index contributed by atoms with van der Waals surface area (Å²) in [6, 6.07) is 2.78. The second-order valence-electron chi connectivity index (χ2n) is 3.90. The second kappa shape index (κ2) is 6.07. The monoisotopic (exact) mass is 339 g/mol. The van der Waals surface area contributed by atoms with Gasteiger partial charge < -0.3 is 5.32 Å². The topological polar surface area (TPSA) is 61.4 Å². The van der Waals surface area contributed by atoms with Crippen molar-refractivity contribution in [3.63, 3.8) is 0 Å². The maximum absolute atomic E-state index is 14.1. The van der Waals surface area contributed by atoms with Crippen LogP contribution in [-0.2, 0) is 16.6 Å². The van der Waals surface area contributed by atoms with Crippen LogP contribution in [0.15, 0.2) is 21.5 Å². The van der Waals surface area contributed by atoms with Gasteiger partial charge in [-0.05, 0) is 19.2 Å². The Kier molecular flexibility index (Phi) is 5.23. The van der Waals surface area contributed by atoms with Gasteiger partial charge in [0.1, 0.15) is 10.7 Å². The summed E-state index contributed by atoms with van der Waals surface area (Å²) in [6.07, 6.45) is 0. The molecule has 0 aliphatic rings. The number of nitrogens with one attached hydrogen (secondary N) is 2. The number of benzene rings is 1. The molecule has 0 fully saturated rings. The first-order chi connectivity index (χ1) is 8.27. The molecule has 0 amide bonds. The Bertz CT molecular complexity index is 534. The molecule has 8 heteroatoms. The lowest BCUT2D eigenvalue weighted by atomic mass is 10.2. The summed E-state index contributed by atoms with van der Waals surface area (Å²) in [7, 11) is 0.781. The van der Waals surface area contributed by atoms with Gasteiger partial charge in [0.05, 0.1) is 0 Å². The van der Waals surface area contributed by atoms with Crippen LogP contribution in [0.3, 0.4) is 0 Å². The first kappa shape index (κ1) is 15.5. The summed E-state index contributed by atoms with van der Waals surface area (Å²) >= 11 is 3.18. The van der Waals surface area contributed by atoms with E-state index >= 15 is 0 Å². The number of rotatable bonds is 5. The molecule has 0 saturated heterocycles. The molecular formula is C10H15BrFN3O2S. The summed E-state index contributed by atoms with van der Waals surface area (Å²) in [5.41, 5.74) is 0.283. The Balaban J connectivity index is 3.32. The molecule has 0 aliphatic carbocycles. The van der Waals surface area contributed by atoms with E-state index in [-0.39, 0.29) is 17.0 Å². The number of halogens is 2. The summed E-state index contributed by atoms with van der Waals surface area (Å²) in [5.74, 6) is -0.748. The average Bonchev–Trinajstić information content (AvgIpc) is 2.21. The van der Waals surface area contributed by atoms with Gasteiger partial charge in [0.25, 0.3) is 10.0 Å². The molecule has 0 heterocycles. The van der Waals surface area contributed by atoms with Crippen LogP contribution in [0.2, 0.25) is 0 Å². The zero-order valence-corrected chi connectivity index (χ0v) is 12.7. The van der Waals surface area contributed by atoms with E-state index in [0.717, 1.165) is 0 Å². The smallest absolute Gasteiger partial charge is 0.256 e. The molecule has 0 aliphatic heterocycles. The Hall–Kier alpha value is -0.540. The van der Waals surface area contributed by atoms with E-state index in [1.54, 1.807) is 13.1 Å². The van der Waals surface area contributed by atoms with E-state index in [9.17, 15) is 12.8 Å². The fraction of sp³-hybridized carbons (Fsp3) is 0.400. The number of hydrazine groups is 1. The molecule has 1 aromatic carbocycles. The minimum atomic E-state index is -3.91. The van der Waals surface area contributed by atoms with Gasteiger partial charge in [0.2, 0.25) is 0 Å². The fourth-order valence-corrected chi connectivity index (χ4v) is 3.31. The van der Waals surface area contributed by atoms with Crippen molar-refractivity contribution in [1.82, 2.24) is 15.2 Å². The van der Waals surface area contributed by atoms with E-state index in [1.165, 1.54) is 25.2 Å². The minimum Gasteiger partial charge on any atom is -0.316 e. The van der Waals surface area contributed by atoms with E-state index in [0.29, 0.717) is 4.47 Å². The molecule has 0 radical (unpaired) electrons. The van der Waals surface area contributed by atoms with Crippen molar-refractivity contribution in [1.29, 1.82) is 0 Å². The fourth-order valence-electron chi connectivity index (χ4n) is 1.42. The predicted molar refractivity (Wildman–Crippen MR) is 70.9 cm³/mol. The summed E-state index contributed by atoms with van der Waals surface area (Å²) in [5, 5.41) is 4.03. The van der Waals surface area contributed by atoms with Crippen LogP contribution in [0, 0.1) is 5.82 Å². The summed E-state index contributed by atoms with van der Waals surface area (Å²) in [6.45, 7) is 0.246. The molecule has 0 bridgehead atoms. The van der Waals surface area contributed by atoms with E-state index < -0.39 is 15.8 Å². The highest BCUT2D eigenvalue weighted by atomic mass is 79.9. The molecular weight excluding hydrogens is 325 g/mol. The molecule has 102 valence electrons. The highest BCUT2D eigenvalue weighted by Crippen LogP contribution is 2.24. The Labute approximate surface area is 115 Å². The molecule has 1 aromatic rings. The molecule has 1 rings (SSSR count). The van der Waals surface area contributed by atoms with Gasteiger partial charge in [-0.15, -0.1) is 4.83 Å². The molecule has 0 unspecified atom stereocenters. The second-order valence-corrected chi connectivity index (χ2v) is 6.44. The number of hydrogen-bond donors (Lipinski definition) is 2. The van der Waals surface area contributed by atoms with Crippen LogP contribution in [-0.4, -0.2) is 34.6 Å². The standard InChI is InChI=1S/C10H15BrFN3O2S/c1-13-6-7-4-8(11)5-9(10(7)12)18(16,17)14-15(2)3/h4-5,13-14H,6H2,1-3H3. The summed E-state index contributed by atoms with van der Waals surface area (Å²) < 4.78 is 38.5. The van der Waals surface area contributed by atoms with E-state index in [2.05, 4.69) is 26.1 Å². The molecule has 0 atom stereocenters. The number of nitrogens with zero attached hydrogens (tertiary/aromatic N) is 1. The van der Waals surface area contributed by atoms with Crippen molar-refractivity contribution < 1.29 is 12.8 Å². The van der Waals surface area contributed by atoms with Gasteiger partial charge in [-0.3, -0.25) is 0 Å². The first-order valence-corrected chi connectivity index (χ1v) is 7.38. The molecule has 0 saturated carbocycles.